The van der Waals surface area contributed by atoms with E-state index in [0.29, 0.717) is 17.2 Å². The maximum absolute atomic E-state index is 12.9. The fourth-order valence-corrected chi connectivity index (χ4v) is 2.69. The van der Waals surface area contributed by atoms with Gasteiger partial charge in [0.15, 0.2) is 11.6 Å². The summed E-state index contributed by atoms with van der Waals surface area (Å²) in [5.74, 6) is -3.22. The molecule has 8 nitrogen and oxygen atoms in total. The van der Waals surface area contributed by atoms with Gasteiger partial charge in [0.05, 0.1) is 24.6 Å². The molecule has 1 aliphatic rings. The van der Waals surface area contributed by atoms with E-state index in [2.05, 4.69) is 25.6 Å². The van der Waals surface area contributed by atoms with Crippen molar-refractivity contribution in [3.05, 3.63) is 36.5 Å². The Bertz CT molecular complexity index is 1050. The highest BCUT2D eigenvalue weighted by atomic mass is 19.3. The van der Waals surface area contributed by atoms with Gasteiger partial charge in [-0.3, -0.25) is 9.59 Å². The lowest BCUT2D eigenvalue weighted by molar-refractivity contribution is -0.117. The molecule has 1 saturated carbocycles. The maximum atomic E-state index is 12.9. The molecule has 0 saturated heterocycles. The van der Waals surface area contributed by atoms with E-state index in [1.165, 1.54) is 6.20 Å². The Kier molecular flexibility index (Phi) is 4.33. The van der Waals surface area contributed by atoms with Crippen LogP contribution in [0.4, 0.5) is 14.6 Å². The Morgan fingerprint density at radius 1 is 1.32 bits per heavy atom. The largest absolute Gasteiger partial charge is 0.343 e. The number of anilines is 1. The Morgan fingerprint density at radius 2 is 2.11 bits per heavy atom. The zero-order chi connectivity index (χ0) is 19.9. The molecule has 3 heterocycles. The number of imidazole rings is 2. The highest BCUT2D eigenvalue weighted by Gasteiger charge is 2.30. The van der Waals surface area contributed by atoms with E-state index < -0.39 is 18.4 Å². The van der Waals surface area contributed by atoms with Crippen LogP contribution in [0.15, 0.2) is 30.7 Å². The van der Waals surface area contributed by atoms with Crippen molar-refractivity contribution in [2.75, 3.05) is 11.9 Å². The predicted molar refractivity (Wildman–Crippen MR) is 97.1 cm³/mol. The van der Waals surface area contributed by atoms with Gasteiger partial charge >= 0.3 is 0 Å². The molecule has 1 aliphatic carbocycles. The van der Waals surface area contributed by atoms with Crippen LogP contribution >= 0.6 is 0 Å². The normalized spacial score (nSPS) is 14.2. The van der Waals surface area contributed by atoms with Crippen LogP contribution in [0.5, 0.6) is 0 Å². The minimum Gasteiger partial charge on any atom is -0.343 e. The maximum Gasteiger partial charge on any atom is 0.287 e. The molecule has 0 bridgehead atoms. The molecule has 146 valence electrons. The second-order valence-corrected chi connectivity index (χ2v) is 6.97. The molecule has 0 atom stereocenters. The minimum absolute atomic E-state index is 0.0227. The van der Waals surface area contributed by atoms with Gasteiger partial charge in [-0.05, 0) is 25.0 Å². The summed E-state index contributed by atoms with van der Waals surface area (Å²) < 4.78 is 27.5. The third-order valence-corrected chi connectivity index (χ3v) is 4.31. The van der Waals surface area contributed by atoms with E-state index in [1.807, 2.05) is 0 Å². The van der Waals surface area contributed by atoms with Crippen molar-refractivity contribution < 1.29 is 18.4 Å². The number of hydrogen-bond donors (Lipinski definition) is 3. The van der Waals surface area contributed by atoms with Crippen molar-refractivity contribution in [1.82, 2.24) is 24.7 Å². The quantitative estimate of drug-likeness (QED) is 0.603. The number of rotatable bonds is 6. The van der Waals surface area contributed by atoms with Gasteiger partial charge in [0.1, 0.15) is 5.65 Å². The topological polar surface area (TPSA) is 104 Å². The molecule has 3 aromatic heterocycles. The lowest BCUT2D eigenvalue weighted by atomic mass is 10.2. The number of pyridine rings is 1. The molecule has 1 fully saturated rings. The van der Waals surface area contributed by atoms with E-state index in [1.54, 1.807) is 28.9 Å². The summed E-state index contributed by atoms with van der Waals surface area (Å²) in [6.07, 6.45) is 6.74. The highest BCUT2D eigenvalue weighted by Crippen LogP contribution is 2.30. The Labute approximate surface area is 158 Å². The van der Waals surface area contributed by atoms with Crippen LogP contribution in [-0.2, 0) is 4.79 Å². The van der Waals surface area contributed by atoms with Crippen molar-refractivity contribution >= 4 is 23.3 Å². The lowest BCUT2D eigenvalue weighted by Crippen LogP contribution is -2.35. The molecular weight excluding hydrogens is 370 g/mol. The van der Waals surface area contributed by atoms with E-state index in [9.17, 15) is 18.4 Å². The van der Waals surface area contributed by atoms with Gasteiger partial charge in [-0.25, -0.2) is 18.7 Å². The Morgan fingerprint density at radius 3 is 2.82 bits per heavy atom. The van der Waals surface area contributed by atoms with Crippen LogP contribution in [0, 0.1) is 5.92 Å². The SMILES string of the molecule is CC(F)(F)CNC(=O)c1ncc(-c2ccc3nc(NC(=O)C4CC4)cn3c2)[nH]1. The first-order valence-electron chi connectivity index (χ1n) is 8.79. The van der Waals surface area contributed by atoms with Gasteiger partial charge in [-0.1, -0.05) is 0 Å². The summed E-state index contributed by atoms with van der Waals surface area (Å²) in [5, 5.41) is 4.92. The van der Waals surface area contributed by atoms with Crippen LogP contribution in [-0.4, -0.2) is 43.6 Å². The first kappa shape index (κ1) is 18.1. The second-order valence-electron chi connectivity index (χ2n) is 6.97. The van der Waals surface area contributed by atoms with Crippen molar-refractivity contribution in [1.29, 1.82) is 0 Å². The van der Waals surface area contributed by atoms with Gasteiger partial charge in [-0.2, -0.15) is 0 Å². The number of hydrogen-bond acceptors (Lipinski definition) is 4. The lowest BCUT2D eigenvalue weighted by Gasteiger charge is -2.09. The Balaban J connectivity index is 1.50. The summed E-state index contributed by atoms with van der Waals surface area (Å²) in [4.78, 5) is 34.9. The predicted octanol–water partition coefficient (Wildman–Crippen LogP) is 2.46. The van der Waals surface area contributed by atoms with Crippen molar-refractivity contribution in [3.63, 3.8) is 0 Å². The van der Waals surface area contributed by atoms with Crippen molar-refractivity contribution in [3.8, 4) is 11.3 Å². The number of alkyl halides is 2. The molecule has 0 unspecified atom stereocenters. The van der Waals surface area contributed by atoms with Crippen LogP contribution in [0.1, 0.15) is 30.4 Å². The standard InChI is InChI=1S/C18H18F2N6O2/c1-18(19,20)9-22-17(28)15-21-6-12(23-15)11-4-5-14-24-13(8-26(14)7-11)25-16(27)10-2-3-10/h4-8,10H,2-3,9H2,1H3,(H,21,23)(H,22,28)(H,25,27). The molecule has 0 aliphatic heterocycles. The number of carbonyl (C=O) groups is 2. The Hall–Kier alpha value is -3.30. The van der Waals surface area contributed by atoms with Gasteiger partial charge in [0.2, 0.25) is 5.91 Å². The molecular formula is C18H18F2N6O2. The second kappa shape index (κ2) is 6.70. The van der Waals surface area contributed by atoms with Crippen LogP contribution < -0.4 is 10.6 Å². The minimum atomic E-state index is -3.00. The number of H-pyrrole nitrogens is 1. The molecule has 28 heavy (non-hydrogen) atoms. The van der Waals surface area contributed by atoms with Crippen molar-refractivity contribution in [2.24, 2.45) is 5.92 Å². The third kappa shape index (κ3) is 4.00. The highest BCUT2D eigenvalue weighted by molar-refractivity contribution is 5.93. The summed E-state index contributed by atoms with van der Waals surface area (Å²) in [6.45, 7) is -0.0409. The summed E-state index contributed by atoms with van der Waals surface area (Å²) in [7, 11) is 0. The zero-order valence-electron chi connectivity index (χ0n) is 15.0. The number of amides is 2. The average molecular weight is 388 g/mol. The third-order valence-electron chi connectivity index (χ3n) is 4.31. The first-order valence-corrected chi connectivity index (χ1v) is 8.79. The van der Waals surface area contributed by atoms with Crippen LogP contribution in [0.2, 0.25) is 0 Å². The molecule has 0 aromatic carbocycles. The van der Waals surface area contributed by atoms with Gasteiger partial charge in [0.25, 0.3) is 11.8 Å². The van der Waals surface area contributed by atoms with Crippen molar-refractivity contribution in [2.45, 2.75) is 25.7 Å². The summed E-state index contributed by atoms with van der Waals surface area (Å²) in [6, 6.07) is 3.55. The van der Waals surface area contributed by atoms with E-state index in [-0.39, 0.29) is 17.6 Å². The van der Waals surface area contributed by atoms with Gasteiger partial charge in [0, 0.05) is 24.6 Å². The van der Waals surface area contributed by atoms with E-state index >= 15 is 0 Å². The van der Waals surface area contributed by atoms with Crippen LogP contribution in [0.3, 0.4) is 0 Å². The molecule has 0 radical (unpaired) electrons. The fraction of sp³-hybridized carbons (Fsp3) is 0.333. The molecule has 0 spiro atoms. The zero-order valence-corrected chi connectivity index (χ0v) is 15.0. The number of nitrogens with zero attached hydrogens (tertiary/aromatic N) is 3. The molecule has 3 N–H and O–H groups in total. The summed E-state index contributed by atoms with van der Waals surface area (Å²) >= 11 is 0. The molecule has 2 amide bonds. The number of aromatic amines is 1. The number of aromatic nitrogens is 4. The monoisotopic (exact) mass is 388 g/mol. The molecule has 4 rings (SSSR count). The summed E-state index contributed by atoms with van der Waals surface area (Å²) in [5.41, 5.74) is 1.92. The molecule has 3 aromatic rings. The van der Waals surface area contributed by atoms with Gasteiger partial charge in [-0.15, -0.1) is 0 Å². The molecule has 10 heteroatoms. The number of halogens is 2. The number of fused-ring (bicyclic) bond motifs is 1. The van der Waals surface area contributed by atoms with E-state index in [4.69, 9.17) is 0 Å². The first-order chi connectivity index (χ1) is 13.3. The van der Waals surface area contributed by atoms with Gasteiger partial charge < -0.3 is 20.0 Å². The number of carbonyl (C=O) groups excluding carboxylic acids is 2. The number of nitrogens with one attached hydrogen (secondary N) is 3. The smallest absolute Gasteiger partial charge is 0.287 e. The van der Waals surface area contributed by atoms with Crippen LogP contribution in [0.25, 0.3) is 16.9 Å². The van der Waals surface area contributed by atoms with E-state index in [0.717, 1.165) is 25.3 Å². The fourth-order valence-electron chi connectivity index (χ4n) is 2.69. The average Bonchev–Trinajstić information content (AvgIpc) is 3.23.